The Morgan fingerprint density at radius 1 is 1.22 bits per heavy atom. The Balaban J connectivity index is 1.98. The molecule has 1 aliphatic heterocycles. The maximum absolute atomic E-state index is 6.33. The van der Waals surface area contributed by atoms with Crippen LogP contribution >= 0.6 is 0 Å². The van der Waals surface area contributed by atoms with Gasteiger partial charge in [0, 0.05) is 19.3 Å². The lowest BCUT2D eigenvalue weighted by atomic mass is 9.99. The third kappa shape index (κ3) is 2.81. The molecule has 3 nitrogen and oxygen atoms in total. The summed E-state index contributed by atoms with van der Waals surface area (Å²) in [5, 5.41) is 0.253. The second kappa shape index (κ2) is 4.65. The van der Waals surface area contributed by atoms with Crippen molar-refractivity contribution in [2.75, 3.05) is 13.2 Å². The van der Waals surface area contributed by atoms with E-state index in [0.29, 0.717) is 0 Å². The zero-order chi connectivity index (χ0) is 13.4. The first-order chi connectivity index (χ1) is 8.24. The van der Waals surface area contributed by atoms with E-state index in [1.165, 1.54) is 0 Å². The molecule has 1 fully saturated rings. The van der Waals surface area contributed by atoms with E-state index in [0.717, 1.165) is 38.2 Å². The predicted molar refractivity (Wildman–Crippen MR) is 74.9 cm³/mol. The van der Waals surface area contributed by atoms with Gasteiger partial charge in [-0.3, -0.25) is 0 Å². The van der Waals surface area contributed by atoms with Gasteiger partial charge in [-0.2, -0.15) is 0 Å². The third-order valence-electron chi connectivity index (χ3n) is 4.40. The van der Waals surface area contributed by atoms with Gasteiger partial charge in [-0.25, -0.2) is 0 Å². The highest BCUT2D eigenvalue weighted by Gasteiger charge is 2.42. The fourth-order valence-corrected chi connectivity index (χ4v) is 3.27. The first kappa shape index (κ1) is 14.1. The largest absolute Gasteiger partial charge is 0.547 e. The van der Waals surface area contributed by atoms with E-state index >= 15 is 0 Å². The maximum Gasteiger partial charge on any atom is 0.250 e. The van der Waals surface area contributed by atoms with E-state index in [1.54, 1.807) is 0 Å². The van der Waals surface area contributed by atoms with E-state index in [1.807, 2.05) is 0 Å². The van der Waals surface area contributed by atoms with Crippen molar-refractivity contribution in [3.8, 4) is 0 Å². The molecule has 0 atom stereocenters. The van der Waals surface area contributed by atoms with Gasteiger partial charge in [-0.05, 0) is 24.2 Å². The fourth-order valence-electron chi connectivity index (χ4n) is 2.12. The van der Waals surface area contributed by atoms with Crippen LogP contribution in [0.1, 0.15) is 40.0 Å². The summed E-state index contributed by atoms with van der Waals surface area (Å²) in [5.74, 6) is 0.812. The number of hydrogen-bond acceptors (Lipinski definition) is 3. The molecule has 0 saturated carbocycles. The maximum atomic E-state index is 6.33. The van der Waals surface area contributed by atoms with Crippen molar-refractivity contribution < 1.29 is 13.9 Å². The first-order valence-electron chi connectivity index (χ1n) is 6.90. The summed E-state index contributed by atoms with van der Waals surface area (Å²) in [7, 11) is -1.69. The minimum atomic E-state index is -1.69. The Morgan fingerprint density at radius 3 is 2.28 bits per heavy atom. The molecule has 0 bridgehead atoms. The molecule has 1 heterocycles. The molecule has 0 N–H and O–H groups in total. The summed E-state index contributed by atoms with van der Waals surface area (Å²) >= 11 is 0. The van der Waals surface area contributed by atoms with Crippen molar-refractivity contribution in [1.82, 2.24) is 0 Å². The summed E-state index contributed by atoms with van der Waals surface area (Å²) in [4.78, 5) is 0. The van der Waals surface area contributed by atoms with Gasteiger partial charge >= 0.3 is 0 Å². The number of rotatable bonds is 2. The van der Waals surface area contributed by atoms with Crippen molar-refractivity contribution >= 4 is 8.32 Å². The number of allylic oxidation sites excluding steroid dienone is 1. The number of ether oxygens (including phenoxy) is 2. The van der Waals surface area contributed by atoms with Gasteiger partial charge in [0.2, 0.25) is 8.32 Å². The fraction of sp³-hybridized carbons (Fsp3) is 0.857. The SMILES string of the molecule is CC(C)(C)[Si](C)(C)OC1=CCC2(CC1)OCCO2. The van der Waals surface area contributed by atoms with Gasteiger partial charge in [0.05, 0.1) is 19.0 Å². The molecule has 2 rings (SSSR count). The van der Waals surface area contributed by atoms with Gasteiger partial charge in [0.25, 0.3) is 0 Å². The van der Waals surface area contributed by atoms with E-state index in [-0.39, 0.29) is 10.8 Å². The Labute approximate surface area is 112 Å². The molecule has 4 heteroatoms. The van der Waals surface area contributed by atoms with Crippen LogP contribution in [0.5, 0.6) is 0 Å². The molecule has 0 unspecified atom stereocenters. The molecular formula is C14H26O3Si. The van der Waals surface area contributed by atoms with Crippen LogP contribution in [0, 0.1) is 0 Å². The lowest BCUT2D eigenvalue weighted by molar-refractivity contribution is -0.163. The predicted octanol–water partition coefficient (Wildman–Crippen LogP) is 3.82. The van der Waals surface area contributed by atoms with E-state index in [4.69, 9.17) is 13.9 Å². The Hall–Kier alpha value is -0.323. The summed E-state index contributed by atoms with van der Waals surface area (Å²) in [5.41, 5.74) is 0. The zero-order valence-corrected chi connectivity index (χ0v) is 13.3. The molecule has 18 heavy (non-hydrogen) atoms. The van der Waals surface area contributed by atoms with Crippen LogP contribution in [-0.2, 0) is 13.9 Å². The van der Waals surface area contributed by atoms with Gasteiger partial charge in [0.1, 0.15) is 0 Å². The molecule has 1 saturated heterocycles. The summed E-state index contributed by atoms with van der Waals surface area (Å²) in [6, 6.07) is 0. The zero-order valence-electron chi connectivity index (χ0n) is 12.3. The standard InChI is InChI=1S/C14H26O3Si/c1-13(2,3)18(4,5)17-12-6-8-14(9-7-12)15-10-11-16-14/h6H,7-11H2,1-5H3. The Morgan fingerprint density at radius 2 is 1.83 bits per heavy atom. The molecule has 0 amide bonds. The normalized spacial score (nSPS) is 24.2. The summed E-state index contributed by atoms with van der Waals surface area (Å²) < 4.78 is 17.8. The molecule has 1 aliphatic carbocycles. The molecule has 2 aliphatic rings. The highest BCUT2D eigenvalue weighted by atomic mass is 28.4. The highest BCUT2D eigenvalue weighted by Crippen LogP contribution is 2.41. The molecule has 104 valence electrons. The quantitative estimate of drug-likeness (QED) is 0.714. The molecular weight excluding hydrogens is 244 g/mol. The van der Waals surface area contributed by atoms with Gasteiger partial charge in [-0.1, -0.05) is 20.8 Å². The van der Waals surface area contributed by atoms with Crippen LogP contribution in [0.15, 0.2) is 11.8 Å². The van der Waals surface area contributed by atoms with Crippen molar-refractivity contribution in [2.24, 2.45) is 0 Å². The lowest BCUT2D eigenvalue weighted by Gasteiger charge is -2.39. The van der Waals surface area contributed by atoms with Crippen molar-refractivity contribution in [1.29, 1.82) is 0 Å². The summed E-state index contributed by atoms with van der Waals surface area (Å²) in [6.45, 7) is 12.9. The van der Waals surface area contributed by atoms with Crippen LogP contribution in [0.25, 0.3) is 0 Å². The monoisotopic (exact) mass is 270 g/mol. The average Bonchev–Trinajstić information content (AvgIpc) is 2.69. The average molecular weight is 270 g/mol. The Bertz CT molecular complexity index is 335. The molecule has 0 aromatic heterocycles. The molecule has 0 radical (unpaired) electrons. The van der Waals surface area contributed by atoms with Crippen LogP contribution in [-0.4, -0.2) is 27.3 Å². The first-order valence-corrected chi connectivity index (χ1v) is 9.81. The van der Waals surface area contributed by atoms with Crippen LogP contribution in [0.2, 0.25) is 18.1 Å². The van der Waals surface area contributed by atoms with Crippen molar-refractivity contribution in [3.63, 3.8) is 0 Å². The topological polar surface area (TPSA) is 27.7 Å². The van der Waals surface area contributed by atoms with E-state index in [2.05, 4.69) is 39.9 Å². The second-order valence-corrected chi connectivity index (χ2v) is 11.6. The minimum absolute atomic E-state index is 0.253. The van der Waals surface area contributed by atoms with Crippen molar-refractivity contribution in [2.45, 2.75) is 64.0 Å². The van der Waals surface area contributed by atoms with Crippen LogP contribution < -0.4 is 0 Å². The smallest absolute Gasteiger partial charge is 0.250 e. The summed E-state index contributed by atoms with van der Waals surface area (Å²) in [6.07, 6.45) is 4.87. The van der Waals surface area contributed by atoms with E-state index in [9.17, 15) is 0 Å². The molecule has 0 aromatic carbocycles. The van der Waals surface area contributed by atoms with Gasteiger partial charge in [0.15, 0.2) is 5.79 Å². The van der Waals surface area contributed by atoms with Gasteiger partial charge in [-0.15, -0.1) is 0 Å². The highest BCUT2D eigenvalue weighted by molar-refractivity contribution is 6.74. The van der Waals surface area contributed by atoms with Crippen LogP contribution in [0.3, 0.4) is 0 Å². The Kier molecular flexibility index (Phi) is 3.64. The van der Waals surface area contributed by atoms with Gasteiger partial charge < -0.3 is 13.9 Å². The lowest BCUT2D eigenvalue weighted by Crippen LogP contribution is -2.41. The second-order valence-electron chi connectivity index (χ2n) is 6.84. The van der Waals surface area contributed by atoms with E-state index < -0.39 is 8.32 Å². The third-order valence-corrected chi connectivity index (χ3v) is 8.78. The van der Waals surface area contributed by atoms with Crippen LogP contribution in [0.4, 0.5) is 0 Å². The van der Waals surface area contributed by atoms with Crippen molar-refractivity contribution in [3.05, 3.63) is 11.8 Å². The molecule has 1 spiro atoms. The minimum Gasteiger partial charge on any atom is -0.547 e. The molecule has 0 aromatic rings. The number of hydrogen-bond donors (Lipinski definition) is 0.